The third kappa shape index (κ3) is 4.98. The number of aromatic nitrogens is 4. The van der Waals surface area contributed by atoms with Crippen LogP contribution in [0.15, 0.2) is 47.3 Å². The van der Waals surface area contributed by atoms with Gasteiger partial charge in [0.15, 0.2) is 12.7 Å². The second-order valence-corrected chi connectivity index (χ2v) is 9.52. The molecule has 1 N–H and O–H groups in total. The summed E-state index contributed by atoms with van der Waals surface area (Å²) in [4.78, 5) is 42.6. The van der Waals surface area contributed by atoms with Gasteiger partial charge in [-0.1, -0.05) is 36.4 Å². The van der Waals surface area contributed by atoms with Crippen LogP contribution in [0.25, 0.3) is 0 Å². The van der Waals surface area contributed by atoms with E-state index in [2.05, 4.69) is 15.4 Å². The standard InChI is InChI=1S/C26H26F2N6O3/c1-32-21(31-33(2)26(32)37)13-22(35)34-14-17(27)12-20(34)25(36)30-23(16-6-4-3-5-7-16)19-11-10-18(15-8-9-15)24(28)29-19/h3-7,10-11,15,17,23H,8-9,12-14H2,1-2H3/p+1/t17-,23+/m1/s1. The fourth-order valence-electron chi connectivity index (χ4n) is 4.66. The molecule has 1 aliphatic carbocycles. The Morgan fingerprint density at radius 1 is 1.16 bits per heavy atom. The zero-order valence-electron chi connectivity index (χ0n) is 20.5. The van der Waals surface area contributed by atoms with Gasteiger partial charge in [-0.05, 0) is 30.4 Å². The molecule has 0 unspecified atom stereocenters. The van der Waals surface area contributed by atoms with Gasteiger partial charge in [-0.25, -0.2) is 23.6 Å². The van der Waals surface area contributed by atoms with E-state index < -0.39 is 35.7 Å². The molecule has 2 aromatic heterocycles. The molecule has 9 nitrogen and oxygen atoms in total. The van der Waals surface area contributed by atoms with Gasteiger partial charge in [-0.15, -0.1) is 0 Å². The second kappa shape index (κ2) is 9.79. The lowest BCUT2D eigenvalue weighted by Gasteiger charge is -2.19. The Bertz CT molecular complexity index is 1460. The molecule has 0 radical (unpaired) electrons. The minimum absolute atomic E-state index is 0.0329. The van der Waals surface area contributed by atoms with E-state index in [1.807, 2.05) is 6.07 Å². The number of hydrogen-bond donors (Lipinski definition) is 1. The molecule has 192 valence electrons. The van der Waals surface area contributed by atoms with E-state index in [0.29, 0.717) is 16.8 Å². The summed E-state index contributed by atoms with van der Waals surface area (Å²) in [5, 5.41) is 6.88. The number of carbonyl (C=O) groups is 2. The Hall–Kier alpha value is -4.02. The fourth-order valence-corrected chi connectivity index (χ4v) is 4.66. The average Bonchev–Trinajstić information content (AvgIpc) is 3.61. The van der Waals surface area contributed by atoms with Crippen molar-refractivity contribution in [2.75, 3.05) is 6.54 Å². The largest absolute Gasteiger partial charge is 0.395 e. The van der Waals surface area contributed by atoms with E-state index in [1.165, 1.54) is 18.7 Å². The van der Waals surface area contributed by atoms with E-state index in [4.69, 9.17) is 0 Å². The predicted octanol–water partition coefficient (Wildman–Crippen LogP) is 1.70. The van der Waals surface area contributed by atoms with Gasteiger partial charge < -0.3 is 5.32 Å². The smallest absolute Gasteiger partial charge is 0.335 e. The topological polar surface area (TPSA) is 102 Å². The summed E-state index contributed by atoms with van der Waals surface area (Å²) < 4.78 is 32.7. The molecule has 0 saturated heterocycles. The average molecular weight is 510 g/mol. The van der Waals surface area contributed by atoms with Crippen LogP contribution >= 0.6 is 0 Å². The molecule has 5 rings (SSSR count). The quantitative estimate of drug-likeness (QED) is 0.386. The number of nitrogens with one attached hydrogen (secondary N) is 1. The molecule has 2 amide bonds. The minimum Gasteiger partial charge on any atom is -0.335 e. The van der Waals surface area contributed by atoms with Crippen molar-refractivity contribution in [1.82, 2.24) is 24.6 Å². The highest BCUT2D eigenvalue weighted by Gasteiger charge is 2.41. The zero-order chi connectivity index (χ0) is 26.3. The molecule has 2 atom stereocenters. The summed E-state index contributed by atoms with van der Waals surface area (Å²) in [6.07, 6.45) is -0.0803. The molecule has 3 aromatic rings. The second-order valence-electron chi connectivity index (χ2n) is 9.52. The molecule has 3 heterocycles. The van der Waals surface area contributed by atoms with Crippen LogP contribution in [0.2, 0.25) is 0 Å². The van der Waals surface area contributed by atoms with Crippen molar-refractivity contribution < 1.29 is 22.9 Å². The number of alkyl halides is 1. The Kier molecular flexibility index (Phi) is 6.53. The van der Waals surface area contributed by atoms with Gasteiger partial charge in [0.2, 0.25) is 5.95 Å². The van der Waals surface area contributed by atoms with Crippen LogP contribution in [0.4, 0.5) is 8.78 Å². The summed E-state index contributed by atoms with van der Waals surface area (Å²) in [6.45, 7) is -0.276. The van der Waals surface area contributed by atoms with Gasteiger partial charge in [0.1, 0.15) is 12.2 Å². The van der Waals surface area contributed by atoms with Gasteiger partial charge in [-0.2, -0.15) is 14.1 Å². The van der Waals surface area contributed by atoms with Gasteiger partial charge in [0.05, 0.1) is 18.2 Å². The van der Waals surface area contributed by atoms with Crippen LogP contribution < -0.4 is 11.0 Å². The molecule has 2 aliphatic rings. The third-order valence-electron chi connectivity index (χ3n) is 6.83. The van der Waals surface area contributed by atoms with Crippen LogP contribution in [0.5, 0.6) is 0 Å². The zero-order valence-corrected chi connectivity index (χ0v) is 20.5. The molecular formula is C26H27F2N6O3+. The number of amides is 2. The van der Waals surface area contributed by atoms with Crippen LogP contribution in [-0.2, 0) is 30.1 Å². The molecule has 11 heteroatoms. The Labute approximate surface area is 211 Å². The first-order valence-electron chi connectivity index (χ1n) is 12.1. The molecule has 1 saturated carbocycles. The number of pyridine rings is 1. The van der Waals surface area contributed by atoms with Crippen molar-refractivity contribution in [2.24, 2.45) is 14.1 Å². The van der Waals surface area contributed by atoms with E-state index >= 15 is 0 Å². The van der Waals surface area contributed by atoms with Crippen LogP contribution in [0.3, 0.4) is 0 Å². The lowest BCUT2D eigenvalue weighted by molar-refractivity contribution is -0.445. The first kappa shape index (κ1) is 24.7. The maximum absolute atomic E-state index is 14.8. The highest BCUT2D eigenvalue weighted by atomic mass is 19.1. The van der Waals surface area contributed by atoms with Gasteiger partial charge in [0.25, 0.3) is 5.71 Å². The summed E-state index contributed by atoms with van der Waals surface area (Å²) in [7, 11) is 2.95. The molecule has 1 aliphatic heterocycles. The van der Waals surface area contributed by atoms with Gasteiger partial charge in [0, 0.05) is 19.7 Å². The summed E-state index contributed by atoms with van der Waals surface area (Å²) >= 11 is 0. The van der Waals surface area contributed by atoms with Crippen molar-refractivity contribution in [1.29, 1.82) is 0 Å². The number of halogens is 2. The van der Waals surface area contributed by atoms with Crippen molar-refractivity contribution >= 4 is 17.5 Å². The van der Waals surface area contributed by atoms with E-state index in [1.54, 1.807) is 36.4 Å². The Morgan fingerprint density at radius 2 is 1.89 bits per heavy atom. The monoisotopic (exact) mass is 509 g/mol. The number of benzene rings is 1. The van der Waals surface area contributed by atoms with Crippen molar-refractivity contribution in [3.05, 3.63) is 81.5 Å². The van der Waals surface area contributed by atoms with E-state index in [0.717, 1.165) is 22.1 Å². The molecule has 0 bridgehead atoms. The number of carbonyl (C=O) groups excluding carboxylic acids is 2. The van der Waals surface area contributed by atoms with Crippen molar-refractivity contribution in [3.8, 4) is 0 Å². The normalized spacial score (nSPS) is 18.2. The van der Waals surface area contributed by atoms with Crippen molar-refractivity contribution in [3.63, 3.8) is 0 Å². The SMILES string of the molecule is Cn1nc(CC(=O)[N+]2=C(C(=O)N[C@@H](c3ccccc3)c3ccc(C4CC4)c(F)n3)C[C@@H](F)C2)n(C)c1=O. The molecule has 1 aromatic carbocycles. The highest BCUT2D eigenvalue weighted by molar-refractivity contribution is 6.38. The Morgan fingerprint density at radius 3 is 2.51 bits per heavy atom. The summed E-state index contributed by atoms with van der Waals surface area (Å²) in [6, 6.07) is 11.5. The van der Waals surface area contributed by atoms with E-state index in [-0.39, 0.29) is 36.8 Å². The first-order valence-corrected chi connectivity index (χ1v) is 12.1. The predicted molar refractivity (Wildman–Crippen MR) is 129 cm³/mol. The van der Waals surface area contributed by atoms with E-state index in [9.17, 15) is 23.2 Å². The maximum atomic E-state index is 14.8. The van der Waals surface area contributed by atoms with Crippen LogP contribution in [0, 0.1) is 5.95 Å². The third-order valence-corrected chi connectivity index (χ3v) is 6.83. The molecule has 37 heavy (non-hydrogen) atoms. The number of nitrogens with zero attached hydrogens (tertiary/aromatic N) is 5. The van der Waals surface area contributed by atoms with Gasteiger partial charge in [-0.3, -0.25) is 9.36 Å². The lowest BCUT2D eigenvalue weighted by Crippen LogP contribution is -2.39. The van der Waals surface area contributed by atoms with Crippen LogP contribution in [0.1, 0.15) is 53.9 Å². The molecule has 0 spiro atoms. The number of aryl methyl sites for hydroxylation is 1. The fraction of sp³-hybridized carbons (Fsp3) is 0.385. The number of rotatable bonds is 7. The summed E-state index contributed by atoms with van der Waals surface area (Å²) in [5.74, 6) is -1.37. The lowest BCUT2D eigenvalue weighted by atomic mass is 10.0. The molecular weight excluding hydrogens is 482 g/mol. The maximum Gasteiger partial charge on any atom is 0.395 e. The van der Waals surface area contributed by atoms with Crippen molar-refractivity contribution in [2.45, 2.75) is 43.8 Å². The minimum atomic E-state index is -1.42. The first-order chi connectivity index (χ1) is 17.7. The highest BCUT2D eigenvalue weighted by Crippen LogP contribution is 2.41. The number of hydrogen-bond acceptors (Lipinski definition) is 5. The Balaban J connectivity index is 1.44. The molecule has 1 fully saturated rings. The summed E-state index contributed by atoms with van der Waals surface area (Å²) in [5.41, 5.74) is 1.10. The van der Waals surface area contributed by atoms with Gasteiger partial charge >= 0.3 is 17.5 Å². The van der Waals surface area contributed by atoms with Crippen LogP contribution in [-0.4, -0.2) is 54.1 Å².